The summed E-state index contributed by atoms with van der Waals surface area (Å²) in [4.78, 5) is 23.7. The fourth-order valence-electron chi connectivity index (χ4n) is 2.24. The number of allylic oxidation sites excluding steroid dienone is 3. The third-order valence-electron chi connectivity index (χ3n) is 3.09. The Balaban J connectivity index is 2.36. The molecule has 0 fully saturated rings. The molecule has 1 aromatic carbocycles. The molecule has 0 atom stereocenters. The smallest absolute Gasteiger partial charge is 0.187 e. The Kier molecular flexibility index (Phi) is 2.01. The molecule has 3 nitrogen and oxygen atoms in total. The maximum atomic E-state index is 11.9. The van der Waals surface area contributed by atoms with Crippen molar-refractivity contribution in [3.05, 3.63) is 47.1 Å². The van der Waals surface area contributed by atoms with Gasteiger partial charge in [0.1, 0.15) is 12.4 Å². The highest BCUT2D eigenvalue weighted by atomic mass is 16.5. The van der Waals surface area contributed by atoms with Crippen LogP contribution in [0.4, 0.5) is 0 Å². The van der Waals surface area contributed by atoms with Crippen LogP contribution in [0.1, 0.15) is 33.2 Å². The first kappa shape index (κ1) is 10.0. The number of benzene rings is 1. The standard InChI is InChI=1S/C14H10O3/c1-8-6-7-17-12-5-2-9-10(15)3-4-11(16)14(9)13(8)12/h2-6H,7H2,1H3. The summed E-state index contributed by atoms with van der Waals surface area (Å²) in [5.74, 6) is 0.427. The van der Waals surface area contributed by atoms with E-state index in [1.54, 1.807) is 12.1 Å². The van der Waals surface area contributed by atoms with Crippen LogP contribution >= 0.6 is 0 Å². The molecule has 0 unspecified atom stereocenters. The van der Waals surface area contributed by atoms with Gasteiger partial charge >= 0.3 is 0 Å². The fourth-order valence-corrected chi connectivity index (χ4v) is 2.24. The zero-order valence-electron chi connectivity index (χ0n) is 9.32. The molecular formula is C14H10O3. The Morgan fingerprint density at radius 1 is 1.06 bits per heavy atom. The number of hydrogen-bond donors (Lipinski definition) is 0. The van der Waals surface area contributed by atoms with Crippen LogP contribution in [0.15, 0.2) is 30.4 Å². The van der Waals surface area contributed by atoms with Crippen LogP contribution in [0.25, 0.3) is 5.57 Å². The van der Waals surface area contributed by atoms with Gasteiger partial charge in [-0.3, -0.25) is 9.59 Å². The molecule has 1 heterocycles. The topological polar surface area (TPSA) is 43.4 Å². The molecular weight excluding hydrogens is 216 g/mol. The summed E-state index contributed by atoms with van der Waals surface area (Å²) in [7, 11) is 0. The zero-order chi connectivity index (χ0) is 12.0. The highest BCUT2D eigenvalue weighted by Crippen LogP contribution is 2.36. The molecule has 17 heavy (non-hydrogen) atoms. The summed E-state index contributed by atoms with van der Waals surface area (Å²) < 4.78 is 5.48. The van der Waals surface area contributed by atoms with E-state index in [1.807, 2.05) is 13.0 Å². The molecule has 0 spiro atoms. The molecule has 3 heteroatoms. The second-order valence-corrected chi connectivity index (χ2v) is 4.12. The minimum Gasteiger partial charge on any atom is -0.489 e. The SMILES string of the molecule is CC1=CCOc2ccc3c(c21)C(=O)C=CC3=O. The highest BCUT2D eigenvalue weighted by Gasteiger charge is 2.26. The molecule has 0 radical (unpaired) electrons. The number of fused-ring (bicyclic) bond motifs is 3. The lowest BCUT2D eigenvalue weighted by molar-refractivity contribution is 0.0993. The van der Waals surface area contributed by atoms with Gasteiger partial charge in [0, 0.05) is 16.7 Å². The van der Waals surface area contributed by atoms with Crippen molar-refractivity contribution in [2.24, 2.45) is 0 Å². The lowest BCUT2D eigenvalue weighted by atomic mass is 9.86. The van der Waals surface area contributed by atoms with E-state index < -0.39 is 0 Å². The van der Waals surface area contributed by atoms with Crippen LogP contribution in [-0.2, 0) is 0 Å². The number of carbonyl (C=O) groups is 2. The maximum absolute atomic E-state index is 11.9. The molecule has 1 aliphatic heterocycles. The number of ketones is 2. The van der Waals surface area contributed by atoms with Gasteiger partial charge < -0.3 is 4.74 Å². The van der Waals surface area contributed by atoms with Crippen molar-refractivity contribution in [3.63, 3.8) is 0 Å². The van der Waals surface area contributed by atoms with Gasteiger partial charge in [0.25, 0.3) is 0 Å². The zero-order valence-corrected chi connectivity index (χ0v) is 9.32. The Labute approximate surface area is 98.4 Å². The van der Waals surface area contributed by atoms with E-state index in [-0.39, 0.29) is 11.6 Å². The maximum Gasteiger partial charge on any atom is 0.187 e. The minimum atomic E-state index is -0.130. The van der Waals surface area contributed by atoms with Crippen molar-refractivity contribution >= 4 is 17.1 Å². The fraction of sp³-hybridized carbons (Fsp3) is 0.143. The quantitative estimate of drug-likeness (QED) is 0.682. The lowest BCUT2D eigenvalue weighted by Crippen LogP contribution is -2.16. The van der Waals surface area contributed by atoms with Gasteiger partial charge in [-0.05, 0) is 42.9 Å². The molecule has 1 aliphatic carbocycles. The third-order valence-corrected chi connectivity index (χ3v) is 3.09. The summed E-state index contributed by atoms with van der Waals surface area (Å²) in [5.41, 5.74) is 2.69. The van der Waals surface area contributed by atoms with E-state index in [2.05, 4.69) is 0 Å². The van der Waals surface area contributed by atoms with Gasteiger partial charge in [-0.2, -0.15) is 0 Å². The monoisotopic (exact) mass is 226 g/mol. The van der Waals surface area contributed by atoms with Crippen molar-refractivity contribution in [1.29, 1.82) is 0 Å². The van der Waals surface area contributed by atoms with E-state index in [0.717, 1.165) is 11.1 Å². The van der Waals surface area contributed by atoms with Crippen LogP contribution in [-0.4, -0.2) is 18.2 Å². The lowest BCUT2D eigenvalue weighted by Gasteiger charge is -2.21. The van der Waals surface area contributed by atoms with E-state index in [9.17, 15) is 9.59 Å². The van der Waals surface area contributed by atoms with E-state index in [4.69, 9.17) is 4.74 Å². The predicted molar refractivity (Wildman–Crippen MR) is 63.4 cm³/mol. The Morgan fingerprint density at radius 2 is 1.82 bits per heavy atom. The summed E-state index contributed by atoms with van der Waals surface area (Å²) in [5, 5.41) is 0. The second kappa shape index (κ2) is 3.42. The minimum absolute atomic E-state index is 0.124. The van der Waals surface area contributed by atoms with Crippen LogP contribution in [0.5, 0.6) is 5.75 Å². The molecule has 1 aromatic rings. The number of carbonyl (C=O) groups excluding carboxylic acids is 2. The number of hydrogen-bond acceptors (Lipinski definition) is 3. The van der Waals surface area contributed by atoms with Crippen LogP contribution in [0.2, 0.25) is 0 Å². The Morgan fingerprint density at radius 3 is 2.65 bits per heavy atom. The van der Waals surface area contributed by atoms with Gasteiger partial charge in [0.15, 0.2) is 11.6 Å². The van der Waals surface area contributed by atoms with Gasteiger partial charge in [0.2, 0.25) is 0 Å². The molecule has 84 valence electrons. The average Bonchev–Trinajstić information content (AvgIpc) is 2.33. The second-order valence-electron chi connectivity index (χ2n) is 4.12. The molecule has 0 bridgehead atoms. The van der Waals surface area contributed by atoms with Gasteiger partial charge in [-0.1, -0.05) is 0 Å². The van der Waals surface area contributed by atoms with Crippen LogP contribution < -0.4 is 4.74 Å². The van der Waals surface area contributed by atoms with Gasteiger partial charge in [0.05, 0.1) is 0 Å². The summed E-state index contributed by atoms with van der Waals surface area (Å²) in [6.45, 7) is 2.44. The normalized spacial score (nSPS) is 17.1. The molecule has 0 N–H and O–H groups in total. The van der Waals surface area contributed by atoms with Crippen molar-refractivity contribution in [1.82, 2.24) is 0 Å². The first-order chi connectivity index (χ1) is 8.18. The first-order valence-electron chi connectivity index (χ1n) is 5.42. The van der Waals surface area contributed by atoms with Crippen molar-refractivity contribution < 1.29 is 14.3 Å². The van der Waals surface area contributed by atoms with Crippen LogP contribution in [0.3, 0.4) is 0 Å². The Bertz CT molecular complexity index is 606. The number of ether oxygens (including phenoxy) is 1. The Hall–Kier alpha value is -2.16. The molecule has 2 aliphatic rings. The average molecular weight is 226 g/mol. The number of rotatable bonds is 0. The van der Waals surface area contributed by atoms with E-state index in [0.29, 0.717) is 23.5 Å². The predicted octanol–water partition coefficient (Wildman–Crippen LogP) is 2.42. The van der Waals surface area contributed by atoms with Crippen molar-refractivity contribution in [2.45, 2.75) is 6.92 Å². The molecule has 0 aromatic heterocycles. The molecule has 0 amide bonds. The largest absolute Gasteiger partial charge is 0.489 e. The first-order valence-corrected chi connectivity index (χ1v) is 5.42. The third kappa shape index (κ3) is 1.35. The molecule has 0 saturated heterocycles. The highest BCUT2D eigenvalue weighted by molar-refractivity contribution is 6.24. The molecule has 0 saturated carbocycles. The van der Waals surface area contributed by atoms with Crippen molar-refractivity contribution in [2.75, 3.05) is 6.61 Å². The summed E-state index contributed by atoms with van der Waals surface area (Å²) in [6.07, 6.45) is 4.56. The van der Waals surface area contributed by atoms with E-state index >= 15 is 0 Å². The van der Waals surface area contributed by atoms with Gasteiger partial charge in [-0.25, -0.2) is 0 Å². The van der Waals surface area contributed by atoms with Crippen molar-refractivity contribution in [3.8, 4) is 5.75 Å². The molecule has 3 rings (SSSR count). The van der Waals surface area contributed by atoms with Gasteiger partial charge in [-0.15, -0.1) is 0 Å². The van der Waals surface area contributed by atoms with Crippen LogP contribution in [0, 0.1) is 0 Å². The summed E-state index contributed by atoms with van der Waals surface area (Å²) in [6, 6.07) is 3.42. The van der Waals surface area contributed by atoms with E-state index in [1.165, 1.54) is 12.2 Å². The summed E-state index contributed by atoms with van der Waals surface area (Å²) >= 11 is 0.